The van der Waals surface area contributed by atoms with Crippen LogP contribution < -0.4 is 26.6 Å². The molecule has 4 aromatic carbocycles. The molecule has 4 amide bonds. The van der Waals surface area contributed by atoms with Crippen LogP contribution in [0.3, 0.4) is 0 Å². The Kier molecular flexibility index (Phi) is 13.0. The minimum absolute atomic E-state index is 0.0822. The zero-order valence-electron chi connectivity index (χ0n) is 30.8. The van der Waals surface area contributed by atoms with E-state index in [4.69, 9.17) is 0 Å². The lowest BCUT2D eigenvalue weighted by atomic mass is 9.96. The van der Waals surface area contributed by atoms with Gasteiger partial charge in [-0.05, 0) is 49.1 Å². The number of H-pyrrole nitrogens is 1. The van der Waals surface area contributed by atoms with Gasteiger partial charge < -0.3 is 31.4 Å². The molecule has 0 unspecified atom stereocenters. The van der Waals surface area contributed by atoms with Crippen molar-refractivity contribution in [2.75, 3.05) is 0 Å². The second-order valence-electron chi connectivity index (χ2n) is 14.2. The molecule has 6 rings (SSSR count). The number of thioether (sulfide) groups is 1. The predicted octanol–water partition coefficient (Wildman–Crippen LogP) is 3.51. The van der Waals surface area contributed by atoms with Crippen LogP contribution in [0.5, 0.6) is 0 Å². The first-order valence-corrected chi connectivity index (χ1v) is 19.2. The van der Waals surface area contributed by atoms with E-state index in [-0.39, 0.29) is 38.3 Å². The van der Waals surface area contributed by atoms with Gasteiger partial charge in [0, 0.05) is 11.3 Å². The summed E-state index contributed by atoms with van der Waals surface area (Å²) in [7, 11) is 0. The highest BCUT2D eigenvalue weighted by atomic mass is 32.2. The molecule has 12 nitrogen and oxygen atoms in total. The number of benzene rings is 4. The molecule has 0 bridgehead atoms. The molecule has 5 atom stereocenters. The third kappa shape index (κ3) is 10.8. The van der Waals surface area contributed by atoms with Crippen molar-refractivity contribution in [2.45, 2.75) is 80.5 Å². The van der Waals surface area contributed by atoms with Crippen LogP contribution >= 0.6 is 11.8 Å². The average molecular weight is 762 g/mol. The van der Waals surface area contributed by atoms with Gasteiger partial charge in [-0.1, -0.05) is 103 Å². The normalized spacial score (nSPS) is 17.8. The molecule has 1 aliphatic heterocycles. The Labute approximate surface area is 324 Å². The Morgan fingerprint density at radius 1 is 0.764 bits per heavy atom. The molecule has 1 saturated heterocycles. The Balaban J connectivity index is 1.14. The molecule has 5 aromatic rings. The number of aromatic amines is 1. The number of para-hydroxylation sites is 2. The van der Waals surface area contributed by atoms with E-state index in [0.29, 0.717) is 5.82 Å². The van der Waals surface area contributed by atoms with Gasteiger partial charge in [0.05, 0.1) is 47.9 Å². The number of amides is 4. The Bertz CT molecular complexity index is 2030. The number of hydrogen-bond donors (Lipinski definition) is 7. The Morgan fingerprint density at radius 2 is 1.38 bits per heavy atom. The molecule has 1 aliphatic rings. The summed E-state index contributed by atoms with van der Waals surface area (Å²) >= 11 is 1.38. The van der Waals surface area contributed by atoms with Gasteiger partial charge in [-0.2, -0.15) is 0 Å². The van der Waals surface area contributed by atoms with E-state index in [2.05, 4.69) is 36.6 Å². The number of rotatable bonds is 16. The molecule has 0 aliphatic carbocycles. The van der Waals surface area contributed by atoms with Gasteiger partial charge in [0.1, 0.15) is 17.9 Å². The number of aromatic nitrogens is 2. The van der Waals surface area contributed by atoms with Crippen LogP contribution in [0.4, 0.5) is 0 Å². The molecule has 286 valence electrons. The van der Waals surface area contributed by atoms with Gasteiger partial charge in [0.25, 0.3) is 0 Å². The first kappa shape index (κ1) is 39.2. The highest BCUT2D eigenvalue weighted by molar-refractivity contribution is 8.01. The first-order valence-electron chi connectivity index (χ1n) is 18.4. The third-order valence-electron chi connectivity index (χ3n) is 9.51. The largest absolute Gasteiger partial charge is 0.390 e. The maximum atomic E-state index is 14.2. The number of aliphatic hydroxyl groups is 1. The van der Waals surface area contributed by atoms with Crippen molar-refractivity contribution in [3.05, 3.63) is 138 Å². The summed E-state index contributed by atoms with van der Waals surface area (Å²) < 4.78 is -0.733. The number of imidazole rings is 1. The van der Waals surface area contributed by atoms with Gasteiger partial charge in [-0.3, -0.25) is 24.5 Å². The van der Waals surface area contributed by atoms with Crippen LogP contribution in [0.2, 0.25) is 0 Å². The standard InChI is InChI=1S/C42H47N7O5S/c1-42(2)38(49-41(55-42)37(39(53)44-25-29-18-10-5-11-19-29)48-36(52)23-28-16-8-4-9-17-28)40(54)47-32(22-27-14-6-3-7-15-27)33(50)24-35(51)43-26-34-45-30-20-12-13-21-31(30)46-34/h3-21,32-33,37-38,41,49-50H,22-26H2,1-2H3,(H,43,51)(H,44,53)(H,45,46)(H,47,54)(H,48,52)/t32-,33-,37-,38+,41-/m1/s1. The fourth-order valence-electron chi connectivity index (χ4n) is 6.62. The molecular formula is C42H47N7O5S. The summed E-state index contributed by atoms with van der Waals surface area (Å²) in [6.07, 6.45) is -1.12. The molecule has 13 heteroatoms. The lowest BCUT2D eigenvalue weighted by molar-refractivity contribution is -0.129. The number of carbonyl (C=O) groups excluding carboxylic acids is 4. The van der Waals surface area contributed by atoms with Crippen molar-refractivity contribution < 1.29 is 24.3 Å². The summed E-state index contributed by atoms with van der Waals surface area (Å²) in [5, 5.41) is 25.8. The van der Waals surface area contributed by atoms with Crippen molar-refractivity contribution in [2.24, 2.45) is 0 Å². The van der Waals surface area contributed by atoms with Crippen LogP contribution in [0.25, 0.3) is 11.0 Å². The molecule has 0 saturated carbocycles. The maximum Gasteiger partial charge on any atom is 0.245 e. The highest BCUT2D eigenvalue weighted by Crippen LogP contribution is 2.39. The van der Waals surface area contributed by atoms with E-state index in [9.17, 15) is 24.3 Å². The van der Waals surface area contributed by atoms with E-state index in [1.54, 1.807) is 0 Å². The summed E-state index contributed by atoms with van der Waals surface area (Å²) in [4.78, 5) is 62.0. The highest BCUT2D eigenvalue weighted by Gasteiger charge is 2.49. The first-order chi connectivity index (χ1) is 26.5. The fourth-order valence-corrected chi connectivity index (χ4v) is 8.12. The quantitative estimate of drug-likeness (QED) is 0.0800. The fraction of sp³-hybridized carbons (Fsp3) is 0.310. The zero-order chi connectivity index (χ0) is 38.8. The van der Waals surface area contributed by atoms with E-state index < -0.39 is 52.1 Å². The minimum Gasteiger partial charge on any atom is -0.390 e. The van der Waals surface area contributed by atoms with Gasteiger partial charge in [0.15, 0.2) is 0 Å². The van der Waals surface area contributed by atoms with Crippen molar-refractivity contribution in [3.8, 4) is 0 Å². The van der Waals surface area contributed by atoms with Crippen LogP contribution in [0.15, 0.2) is 115 Å². The topological polar surface area (TPSA) is 177 Å². The third-order valence-corrected chi connectivity index (χ3v) is 11.0. The summed E-state index contributed by atoms with van der Waals surface area (Å²) in [6.45, 7) is 4.21. The molecule has 0 radical (unpaired) electrons. The van der Waals surface area contributed by atoms with Crippen molar-refractivity contribution in [1.29, 1.82) is 0 Å². The van der Waals surface area contributed by atoms with Gasteiger partial charge >= 0.3 is 0 Å². The van der Waals surface area contributed by atoms with Gasteiger partial charge in [-0.25, -0.2) is 4.98 Å². The molecule has 1 aromatic heterocycles. The monoisotopic (exact) mass is 761 g/mol. The van der Waals surface area contributed by atoms with Gasteiger partial charge in [0.2, 0.25) is 23.6 Å². The second-order valence-corrected chi connectivity index (χ2v) is 16.0. The lowest BCUT2D eigenvalue weighted by Gasteiger charge is -2.29. The van der Waals surface area contributed by atoms with Crippen molar-refractivity contribution in [1.82, 2.24) is 36.6 Å². The molecule has 55 heavy (non-hydrogen) atoms. The molecular weight excluding hydrogens is 715 g/mol. The van der Waals surface area contributed by atoms with E-state index in [1.807, 2.05) is 129 Å². The molecule has 7 N–H and O–H groups in total. The smallest absolute Gasteiger partial charge is 0.245 e. The number of nitrogens with one attached hydrogen (secondary N) is 6. The maximum absolute atomic E-state index is 14.2. The van der Waals surface area contributed by atoms with Crippen molar-refractivity contribution in [3.63, 3.8) is 0 Å². The SMILES string of the molecule is CC1(C)S[C@H]([C@H](NC(=O)Cc2ccccc2)C(=O)NCc2ccccc2)N[C@H]1C(=O)N[C@H](Cc1ccccc1)[C@H](O)CC(=O)NCc1nc2ccccc2[nH]1. The molecule has 2 heterocycles. The number of carbonyl (C=O) groups is 4. The second kappa shape index (κ2) is 18.2. The van der Waals surface area contributed by atoms with Gasteiger partial charge in [-0.15, -0.1) is 11.8 Å². The minimum atomic E-state index is -1.22. The summed E-state index contributed by atoms with van der Waals surface area (Å²) in [5.41, 5.74) is 4.22. The number of hydrogen-bond acceptors (Lipinski definition) is 8. The molecule has 1 fully saturated rings. The van der Waals surface area contributed by atoms with Crippen LogP contribution in [-0.2, 0) is 45.1 Å². The van der Waals surface area contributed by atoms with Crippen molar-refractivity contribution >= 4 is 46.4 Å². The van der Waals surface area contributed by atoms with E-state index in [0.717, 1.165) is 27.7 Å². The Hall–Kier alpha value is -5.50. The lowest BCUT2D eigenvalue weighted by Crippen LogP contribution is -2.59. The average Bonchev–Trinajstić information content (AvgIpc) is 3.75. The van der Waals surface area contributed by atoms with Crippen LogP contribution in [0, 0.1) is 0 Å². The van der Waals surface area contributed by atoms with Crippen LogP contribution in [0.1, 0.15) is 42.8 Å². The number of nitrogens with zero attached hydrogens (tertiary/aromatic N) is 1. The van der Waals surface area contributed by atoms with E-state index in [1.165, 1.54) is 11.8 Å². The Morgan fingerprint density at radius 3 is 2.05 bits per heavy atom. The molecule has 0 spiro atoms. The summed E-state index contributed by atoms with van der Waals surface area (Å²) in [5.74, 6) is -0.933. The van der Waals surface area contributed by atoms with E-state index >= 15 is 0 Å². The summed E-state index contributed by atoms with van der Waals surface area (Å²) in [6, 6.07) is 33.1. The number of aliphatic hydroxyl groups excluding tert-OH is 1. The zero-order valence-corrected chi connectivity index (χ0v) is 31.6. The van der Waals surface area contributed by atoms with Crippen LogP contribution in [-0.4, -0.2) is 73.1 Å². The number of fused-ring (bicyclic) bond motifs is 1. The predicted molar refractivity (Wildman–Crippen MR) is 213 cm³/mol.